The van der Waals surface area contributed by atoms with Crippen molar-refractivity contribution in [1.82, 2.24) is 10.6 Å². The summed E-state index contributed by atoms with van der Waals surface area (Å²) in [6, 6.07) is 5.68. The molecule has 1 saturated heterocycles. The first-order valence-electron chi connectivity index (χ1n) is 7.64. The van der Waals surface area contributed by atoms with Gasteiger partial charge in [-0.2, -0.15) is 0 Å². The van der Waals surface area contributed by atoms with Crippen LogP contribution in [0.3, 0.4) is 0 Å². The van der Waals surface area contributed by atoms with E-state index in [2.05, 4.69) is 10.6 Å². The summed E-state index contributed by atoms with van der Waals surface area (Å²) < 4.78 is 10.8. The Bertz CT molecular complexity index is 531. The maximum absolute atomic E-state index is 11.5. The molecule has 0 aromatic heterocycles. The summed E-state index contributed by atoms with van der Waals surface area (Å²) >= 11 is 12.1. The molecule has 5 nitrogen and oxygen atoms in total. The number of hydrogen-bond acceptors (Lipinski definition) is 4. The molecule has 1 fully saturated rings. The third-order valence-corrected chi connectivity index (χ3v) is 4.56. The van der Waals surface area contributed by atoms with Crippen molar-refractivity contribution in [3.05, 3.63) is 33.8 Å². The molecule has 2 unspecified atom stereocenters. The van der Waals surface area contributed by atoms with E-state index in [1.807, 2.05) is 18.2 Å². The minimum Gasteiger partial charge on any atom is -0.376 e. The Morgan fingerprint density at radius 1 is 1.42 bits per heavy atom. The van der Waals surface area contributed by atoms with Gasteiger partial charge in [0.05, 0.1) is 22.8 Å². The molecule has 24 heavy (non-hydrogen) atoms. The Morgan fingerprint density at radius 2 is 2.21 bits per heavy atom. The molecule has 2 atom stereocenters. The predicted octanol–water partition coefficient (Wildman–Crippen LogP) is 2.64. The second kappa shape index (κ2) is 11.1. The van der Waals surface area contributed by atoms with Gasteiger partial charge in [0.25, 0.3) is 0 Å². The van der Waals surface area contributed by atoms with Gasteiger partial charge < -0.3 is 20.1 Å². The molecule has 1 aliphatic rings. The fourth-order valence-electron chi connectivity index (χ4n) is 2.68. The molecule has 0 bridgehead atoms. The third-order valence-electron chi connectivity index (χ3n) is 3.82. The van der Waals surface area contributed by atoms with E-state index in [9.17, 15) is 4.79 Å². The van der Waals surface area contributed by atoms with Gasteiger partial charge in [-0.25, -0.2) is 0 Å². The van der Waals surface area contributed by atoms with E-state index >= 15 is 0 Å². The highest BCUT2D eigenvalue weighted by atomic mass is 35.5. The first-order chi connectivity index (χ1) is 11.1. The molecule has 2 N–H and O–H groups in total. The van der Waals surface area contributed by atoms with Gasteiger partial charge in [-0.15, -0.1) is 12.4 Å². The zero-order chi connectivity index (χ0) is 16.7. The average molecular weight is 398 g/mol. The topological polar surface area (TPSA) is 59.6 Å². The van der Waals surface area contributed by atoms with Crippen LogP contribution < -0.4 is 10.6 Å². The first kappa shape index (κ1) is 21.5. The molecular weight excluding hydrogens is 375 g/mol. The van der Waals surface area contributed by atoms with Crippen molar-refractivity contribution >= 4 is 41.5 Å². The standard InChI is InChI=1S/C16H22Cl2N2O3.ClH/c1-22-10-16(21)20-5-4-15-12(9-19-6-7-23-15)11-2-3-13(17)14(18)8-11;/h2-3,8,12,15,19H,4-7,9-10H2,1H3,(H,20,21);1H. The normalized spacial score (nSPS) is 20.8. The summed E-state index contributed by atoms with van der Waals surface area (Å²) in [4.78, 5) is 11.5. The molecule has 0 radical (unpaired) electrons. The highest BCUT2D eigenvalue weighted by Gasteiger charge is 2.26. The Kier molecular flexibility index (Phi) is 9.96. The molecule has 1 heterocycles. The minimum atomic E-state index is -0.120. The zero-order valence-electron chi connectivity index (χ0n) is 13.5. The minimum absolute atomic E-state index is 0. The molecule has 0 saturated carbocycles. The average Bonchev–Trinajstić information content (AvgIpc) is 2.76. The Hall–Kier alpha value is -0.560. The van der Waals surface area contributed by atoms with Crippen LogP contribution in [0.2, 0.25) is 10.0 Å². The quantitative estimate of drug-likeness (QED) is 0.775. The Morgan fingerprint density at radius 3 is 2.92 bits per heavy atom. The summed E-state index contributed by atoms with van der Waals surface area (Å²) in [6.45, 7) is 2.88. The van der Waals surface area contributed by atoms with E-state index in [4.69, 9.17) is 32.7 Å². The van der Waals surface area contributed by atoms with Gasteiger partial charge in [0.15, 0.2) is 0 Å². The lowest BCUT2D eigenvalue weighted by Crippen LogP contribution is -2.33. The Balaban J connectivity index is 0.00000288. The molecule has 1 amide bonds. The molecule has 8 heteroatoms. The van der Waals surface area contributed by atoms with Crippen molar-refractivity contribution < 1.29 is 14.3 Å². The number of halogens is 3. The van der Waals surface area contributed by atoms with Crippen molar-refractivity contribution in [3.63, 3.8) is 0 Å². The van der Waals surface area contributed by atoms with Crippen LogP contribution in [0, 0.1) is 0 Å². The second-order valence-electron chi connectivity index (χ2n) is 5.47. The molecular formula is C16H23Cl3N2O3. The van der Waals surface area contributed by atoms with Crippen LogP contribution in [0.15, 0.2) is 18.2 Å². The van der Waals surface area contributed by atoms with Gasteiger partial charge in [-0.3, -0.25) is 4.79 Å². The lowest BCUT2D eigenvalue weighted by atomic mass is 9.91. The van der Waals surface area contributed by atoms with Crippen molar-refractivity contribution in [2.45, 2.75) is 18.4 Å². The molecule has 136 valence electrons. The van der Waals surface area contributed by atoms with Crippen LogP contribution in [0.25, 0.3) is 0 Å². The first-order valence-corrected chi connectivity index (χ1v) is 8.40. The van der Waals surface area contributed by atoms with Crippen LogP contribution in [-0.2, 0) is 14.3 Å². The van der Waals surface area contributed by atoms with Gasteiger partial charge in [0.1, 0.15) is 6.61 Å². The lowest BCUT2D eigenvalue weighted by Gasteiger charge is -2.25. The number of ether oxygens (including phenoxy) is 2. The van der Waals surface area contributed by atoms with Gasteiger partial charge in [-0.05, 0) is 24.1 Å². The van der Waals surface area contributed by atoms with Crippen molar-refractivity contribution in [3.8, 4) is 0 Å². The third kappa shape index (κ3) is 6.39. The summed E-state index contributed by atoms with van der Waals surface area (Å²) in [5, 5.41) is 7.29. The summed E-state index contributed by atoms with van der Waals surface area (Å²) in [5.74, 6) is 0.0388. The lowest BCUT2D eigenvalue weighted by molar-refractivity contribution is -0.124. The van der Waals surface area contributed by atoms with Crippen LogP contribution in [0.1, 0.15) is 17.9 Å². The highest BCUT2D eigenvalue weighted by Crippen LogP contribution is 2.30. The fourth-order valence-corrected chi connectivity index (χ4v) is 2.99. The maximum Gasteiger partial charge on any atom is 0.245 e. The van der Waals surface area contributed by atoms with E-state index < -0.39 is 0 Å². The number of nitrogens with one attached hydrogen (secondary N) is 2. The van der Waals surface area contributed by atoms with E-state index in [0.717, 1.165) is 25.1 Å². The number of carbonyl (C=O) groups is 1. The second-order valence-corrected chi connectivity index (χ2v) is 6.28. The van der Waals surface area contributed by atoms with E-state index in [-0.39, 0.29) is 36.9 Å². The smallest absolute Gasteiger partial charge is 0.245 e. The SMILES string of the molecule is COCC(=O)NCCC1OCCNCC1c1ccc(Cl)c(Cl)c1.Cl. The molecule has 1 aromatic rings. The van der Waals surface area contributed by atoms with Crippen molar-refractivity contribution in [2.24, 2.45) is 0 Å². The van der Waals surface area contributed by atoms with Crippen LogP contribution in [0.4, 0.5) is 0 Å². The van der Waals surface area contributed by atoms with Gasteiger partial charge in [0, 0.05) is 32.7 Å². The predicted molar refractivity (Wildman–Crippen MR) is 98.6 cm³/mol. The summed E-state index contributed by atoms with van der Waals surface area (Å²) in [6.07, 6.45) is 0.729. The van der Waals surface area contributed by atoms with Crippen LogP contribution in [-0.4, -0.2) is 52.0 Å². The molecule has 1 aliphatic heterocycles. The fraction of sp³-hybridized carbons (Fsp3) is 0.562. The zero-order valence-corrected chi connectivity index (χ0v) is 15.8. The molecule has 1 aromatic carbocycles. The summed E-state index contributed by atoms with van der Waals surface area (Å²) in [5.41, 5.74) is 1.09. The van der Waals surface area contributed by atoms with E-state index in [1.54, 1.807) is 0 Å². The Labute approximate surface area is 158 Å². The summed E-state index contributed by atoms with van der Waals surface area (Å²) in [7, 11) is 1.50. The van der Waals surface area contributed by atoms with Gasteiger partial charge in [0.2, 0.25) is 5.91 Å². The monoisotopic (exact) mass is 396 g/mol. The van der Waals surface area contributed by atoms with Gasteiger partial charge >= 0.3 is 0 Å². The molecule has 0 spiro atoms. The number of amides is 1. The van der Waals surface area contributed by atoms with Crippen LogP contribution >= 0.6 is 35.6 Å². The van der Waals surface area contributed by atoms with Crippen LogP contribution in [0.5, 0.6) is 0 Å². The number of benzene rings is 1. The largest absolute Gasteiger partial charge is 0.376 e. The van der Waals surface area contributed by atoms with E-state index in [1.165, 1.54) is 7.11 Å². The van der Waals surface area contributed by atoms with E-state index in [0.29, 0.717) is 23.2 Å². The highest BCUT2D eigenvalue weighted by molar-refractivity contribution is 6.42. The molecule has 2 rings (SSSR count). The number of rotatable bonds is 6. The molecule has 0 aliphatic carbocycles. The van der Waals surface area contributed by atoms with Gasteiger partial charge in [-0.1, -0.05) is 29.3 Å². The van der Waals surface area contributed by atoms with Crippen molar-refractivity contribution in [2.75, 3.05) is 40.0 Å². The maximum atomic E-state index is 11.5. The van der Waals surface area contributed by atoms with Crippen molar-refractivity contribution in [1.29, 1.82) is 0 Å². The number of methoxy groups -OCH3 is 1. The number of carbonyl (C=O) groups excluding carboxylic acids is 1. The number of hydrogen-bond donors (Lipinski definition) is 2.